The molecule has 1 N–H and O–H groups in total. The van der Waals surface area contributed by atoms with Crippen molar-refractivity contribution in [1.82, 2.24) is 9.55 Å². The molecule has 0 saturated carbocycles. The van der Waals surface area contributed by atoms with Crippen LogP contribution in [-0.2, 0) is 23.8 Å². The van der Waals surface area contributed by atoms with E-state index in [9.17, 15) is 13.8 Å². The Morgan fingerprint density at radius 2 is 2.06 bits per heavy atom. The van der Waals surface area contributed by atoms with Crippen LogP contribution in [0.1, 0.15) is 25.8 Å². The average Bonchev–Trinajstić information content (AvgIpc) is 2.28. The van der Waals surface area contributed by atoms with Crippen LogP contribution in [0.4, 0.5) is 0 Å². The van der Waals surface area contributed by atoms with Crippen molar-refractivity contribution >= 4 is 22.4 Å². The third kappa shape index (κ3) is 3.32. The number of rotatable bonds is 5. The van der Waals surface area contributed by atoms with E-state index < -0.39 is 16.5 Å². The molecule has 5 nitrogen and oxygen atoms in total. The highest BCUT2D eigenvalue weighted by molar-refractivity contribution is 7.84. The van der Waals surface area contributed by atoms with Crippen molar-refractivity contribution < 1.29 is 4.21 Å². The number of nitrogens with one attached hydrogen (secondary N) is 1. The molecule has 1 rings (SSSR count). The Hall–Kier alpha value is -0.880. The van der Waals surface area contributed by atoms with Crippen LogP contribution in [0.3, 0.4) is 0 Å². The van der Waals surface area contributed by atoms with Gasteiger partial charge in [0.1, 0.15) is 5.15 Å². The Kier molecular flexibility index (Phi) is 5.34. The van der Waals surface area contributed by atoms with Crippen LogP contribution < -0.4 is 11.2 Å². The summed E-state index contributed by atoms with van der Waals surface area (Å²) in [6, 6.07) is 0. The van der Waals surface area contributed by atoms with Crippen molar-refractivity contribution in [2.75, 3.05) is 6.26 Å². The summed E-state index contributed by atoms with van der Waals surface area (Å²) in [5.74, 6) is 0. The zero-order valence-corrected chi connectivity index (χ0v) is 12.2. The molecule has 0 aromatic carbocycles. The Labute approximate surface area is 113 Å². The highest BCUT2D eigenvalue weighted by Gasteiger charge is 2.13. The Morgan fingerprint density at radius 3 is 2.56 bits per heavy atom. The monoisotopic (exact) mass is 292 g/mol. The van der Waals surface area contributed by atoms with Gasteiger partial charge in [-0.1, -0.05) is 25.4 Å². The van der Waals surface area contributed by atoms with Crippen LogP contribution in [0.5, 0.6) is 0 Å². The largest absolute Gasteiger partial charge is 0.329 e. The van der Waals surface area contributed by atoms with Crippen LogP contribution in [0.25, 0.3) is 0 Å². The standard InChI is InChI=1S/C11H17ClN2O3S/c1-4-8-9(12)13-11(16)14(10(8)15)6-5-7(2)18(3)17/h7H,4-6H2,1-3H3,(H,13,16). The zero-order valence-electron chi connectivity index (χ0n) is 10.7. The van der Waals surface area contributed by atoms with Crippen molar-refractivity contribution in [1.29, 1.82) is 0 Å². The molecule has 0 bridgehead atoms. The summed E-state index contributed by atoms with van der Waals surface area (Å²) in [4.78, 5) is 26.1. The Balaban J connectivity index is 3.07. The third-order valence-corrected chi connectivity index (χ3v) is 4.60. The van der Waals surface area contributed by atoms with Gasteiger partial charge in [0.15, 0.2) is 0 Å². The lowest BCUT2D eigenvalue weighted by atomic mass is 10.2. The van der Waals surface area contributed by atoms with E-state index >= 15 is 0 Å². The van der Waals surface area contributed by atoms with E-state index in [4.69, 9.17) is 11.6 Å². The Bertz CT molecular complexity index is 564. The van der Waals surface area contributed by atoms with E-state index in [-0.39, 0.29) is 22.5 Å². The first-order valence-electron chi connectivity index (χ1n) is 5.72. The van der Waals surface area contributed by atoms with E-state index in [1.807, 2.05) is 6.92 Å². The molecule has 0 aliphatic heterocycles. The second kappa shape index (κ2) is 6.33. The number of hydrogen-bond acceptors (Lipinski definition) is 3. The highest BCUT2D eigenvalue weighted by atomic mass is 35.5. The van der Waals surface area contributed by atoms with Gasteiger partial charge in [-0.2, -0.15) is 0 Å². The lowest BCUT2D eigenvalue weighted by Crippen LogP contribution is -2.38. The van der Waals surface area contributed by atoms with E-state index in [1.165, 1.54) is 0 Å². The molecule has 0 amide bonds. The van der Waals surface area contributed by atoms with Crippen LogP contribution in [0, 0.1) is 0 Å². The fourth-order valence-corrected chi connectivity index (χ4v) is 2.30. The van der Waals surface area contributed by atoms with Crippen LogP contribution >= 0.6 is 11.6 Å². The summed E-state index contributed by atoms with van der Waals surface area (Å²) >= 11 is 5.80. The maximum absolute atomic E-state index is 12.0. The van der Waals surface area contributed by atoms with E-state index in [2.05, 4.69) is 4.98 Å². The second-order valence-electron chi connectivity index (χ2n) is 4.13. The molecule has 18 heavy (non-hydrogen) atoms. The fraction of sp³-hybridized carbons (Fsp3) is 0.636. The van der Waals surface area contributed by atoms with Gasteiger partial charge in [0.2, 0.25) is 0 Å². The van der Waals surface area contributed by atoms with E-state index in [0.717, 1.165) is 4.57 Å². The molecule has 1 aromatic heterocycles. The number of aromatic nitrogens is 2. The SMILES string of the molecule is CCc1c(Cl)[nH]c(=O)n(CCC(C)S(C)=O)c1=O. The molecule has 0 aliphatic rings. The number of H-pyrrole nitrogens is 1. The second-order valence-corrected chi connectivity index (χ2v) is 6.31. The van der Waals surface area contributed by atoms with Crippen molar-refractivity contribution in [2.45, 2.75) is 38.5 Å². The van der Waals surface area contributed by atoms with Crippen molar-refractivity contribution in [3.63, 3.8) is 0 Å². The molecule has 1 heterocycles. The van der Waals surface area contributed by atoms with Crippen LogP contribution in [0.15, 0.2) is 9.59 Å². The van der Waals surface area contributed by atoms with Gasteiger partial charge in [-0.25, -0.2) is 4.79 Å². The third-order valence-electron chi connectivity index (χ3n) is 2.91. The maximum atomic E-state index is 12.0. The molecule has 7 heteroatoms. The van der Waals surface area contributed by atoms with Gasteiger partial charge < -0.3 is 0 Å². The molecular weight excluding hydrogens is 276 g/mol. The minimum absolute atomic E-state index is 0.0583. The van der Waals surface area contributed by atoms with E-state index in [0.29, 0.717) is 18.4 Å². The van der Waals surface area contributed by atoms with Crippen molar-refractivity contribution in [3.8, 4) is 0 Å². The smallest absolute Gasteiger partial charge is 0.297 e. The number of nitrogens with zero attached hydrogens (tertiary/aromatic N) is 1. The summed E-state index contributed by atoms with van der Waals surface area (Å²) in [5.41, 5.74) is -0.474. The molecule has 1 aromatic rings. The summed E-state index contributed by atoms with van der Waals surface area (Å²) < 4.78 is 12.3. The minimum Gasteiger partial charge on any atom is -0.297 e. The number of halogens is 1. The first-order valence-corrected chi connectivity index (χ1v) is 7.72. The fourth-order valence-electron chi connectivity index (χ4n) is 1.57. The van der Waals surface area contributed by atoms with Gasteiger partial charge in [0.25, 0.3) is 5.56 Å². The summed E-state index contributed by atoms with van der Waals surface area (Å²) in [6.45, 7) is 3.88. The lowest BCUT2D eigenvalue weighted by Gasteiger charge is -2.10. The normalized spacial score (nSPS) is 14.4. The topological polar surface area (TPSA) is 71.9 Å². The van der Waals surface area contributed by atoms with Gasteiger partial charge in [-0.05, 0) is 12.8 Å². The quantitative estimate of drug-likeness (QED) is 0.820. The Morgan fingerprint density at radius 1 is 1.44 bits per heavy atom. The van der Waals surface area contributed by atoms with Gasteiger partial charge in [0, 0.05) is 28.9 Å². The molecule has 2 unspecified atom stereocenters. The van der Waals surface area contributed by atoms with Crippen LogP contribution in [0.2, 0.25) is 5.15 Å². The van der Waals surface area contributed by atoms with E-state index in [1.54, 1.807) is 13.2 Å². The molecule has 0 spiro atoms. The first-order chi connectivity index (χ1) is 8.38. The highest BCUT2D eigenvalue weighted by Crippen LogP contribution is 2.06. The van der Waals surface area contributed by atoms with Gasteiger partial charge in [-0.3, -0.25) is 18.6 Å². The maximum Gasteiger partial charge on any atom is 0.329 e. The predicted molar refractivity (Wildman–Crippen MR) is 73.9 cm³/mol. The van der Waals surface area contributed by atoms with Gasteiger partial charge in [-0.15, -0.1) is 0 Å². The number of hydrogen-bond donors (Lipinski definition) is 1. The molecule has 0 aliphatic carbocycles. The molecule has 102 valence electrons. The molecule has 0 fully saturated rings. The van der Waals surface area contributed by atoms with Crippen molar-refractivity contribution in [2.24, 2.45) is 0 Å². The molecule has 0 radical (unpaired) electrons. The zero-order chi connectivity index (χ0) is 13.9. The van der Waals surface area contributed by atoms with Gasteiger partial charge >= 0.3 is 5.69 Å². The number of aromatic amines is 1. The molecule has 2 atom stereocenters. The summed E-state index contributed by atoms with van der Waals surface area (Å²) in [6.07, 6.45) is 2.58. The lowest BCUT2D eigenvalue weighted by molar-refractivity contribution is 0.575. The first kappa shape index (κ1) is 15.2. The molecule has 0 saturated heterocycles. The van der Waals surface area contributed by atoms with Crippen molar-refractivity contribution in [3.05, 3.63) is 31.6 Å². The molecular formula is C11H17ClN2O3S. The average molecular weight is 293 g/mol. The summed E-state index contributed by atoms with van der Waals surface area (Å²) in [7, 11) is -0.962. The minimum atomic E-state index is -0.962. The summed E-state index contributed by atoms with van der Waals surface area (Å²) in [5, 5.41) is 0.0490. The van der Waals surface area contributed by atoms with Gasteiger partial charge in [0.05, 0.1) is 5.56 Å². The van der Waals surface area contributed by atoms with Crippen LogP contribution in [-0.4, -0.2) is 25.3 Å². The predicted octanol–water partition coefficient (Wildman–Crippen LogP) is 0.909.